The second kappa shape index (κ2) is 8.30. The highest BCUT2D eigenvalue weighted by Crippen LogP contribution is 2.23. The molecule has 24 heavy (non-hydrogen) atoms. The van der Waals surface area contributed by atoms with Crippen LogP contribution in [0.2, 0.25) is 5.02 Å². The normalized spacial score (nSPS) is 21.8. The molecule has 5 nitrogen and oxygen atoms in total. The Morgan fingerprint density at radius 2 is 2.00 bits per heavy atom. The summed E-state index contributed by atoms with van der Waals surface area (Å²) in [7, 11) is 0. The highest BCUT2D eigenvalue weighted by atomic mass is 35.5. The molecule has 2 saturated heterocycles. The number of morpholine rings is 1. The number of amides is 1. The molecule has 3 rings (SSSR count). The highest BCUT2D eigenvalue weighted by Gasteiger charge is 2.30. The van der Waals surface area contributed by atoms with E-state index in [-0.39, 0.29) is 17.9 Å². The molecule has 2 unspecified atom stereocenters. The first-order valence-corrected chi connectivity index (χ1v) is 9.08. The van der Waals surface area contributed by atoms with Crippen LogP contribution in [0.5, 0.6) is 0 Å². The van der Waals surface area contributed by atoms with E-state index in [4.69, 9.17) is 16.3 Å². The summed E-state index contributed by atoms with van der Waals surface area (Å²) in [4.78, 5) is 14.8. The highest BCUT2D eigenvalue weighted by molar-refractivity contribution is 6.30. The summed E-state index contributed by atoms with van der Waals surface area (Å²) in [6, 6.07) is 8.08. The van der Waals surface area contributed by atoms with Crippen LogP contribution in [0.25, 0.3) is 0 Å². The predicted molar refractivity (Wildman–Crippen MR) is 95.1 cm³/mol. The molecule has 2 N–H and O–H groups in total. The molecule has 0 aromatic heterocycles. The van der Waals surface area contributed by atoms with Gasteiger partial charge in [0.25, 0.3) is 0 Å². The first-order valence-electron chi connectivity index (χ1n) is 8.71. The lowest BCUT2D eigenvalue weighted by Crippen LogP contribution is -2.51. The predicted octanol–water partition coefficient (Wildman–Crippen LogP) is 1.69. The topological polar surface area (TPSA) is 53.6 Å². The maximum absolute atomic E-state index is 12.4. The average Bonchev–Trinajstić information content (AvgIpc) is 2.56. The molecule has 0 saturated carbocycles. The van der Waals surface area contributed by atoms with Crippen LogP contribution in [0, 0.1) is 11.8 Å². The van der Waals surface area contributed by atoms with Crippen molar-refractivity contribution in [2.45, 2.75) is 13.0 Å². The number of nitrogens with zero attached hydrogens (tertiary/aromatic N) is 1. The van der Waals surface area contributed by atoms with E-state index < -0.39 is 0 Å². The number of hydrogen-bond donors (Lipinski definition) is 2. The third-order valence-corrected chi connectivity index (χ3v) is 5.40. The number of benzene rings is 1. The van der Waals surface area contributed by atoms with Crippen LogP contribution in [0.3, 0.4) is 0 Å². The fourth-order valence-electron chi connectivity index (χ4n) is 3.27. The number of halogens is 1. The van der Waals surface area contributed by atoms with E-state index in [2.05, 4.69) is 15.5 Å². The smallest absolute Gasteiger partial charge is 0.223 e. The summed E-state index contributed by atoms with van der Waals surface area (Å²) in [5.74, 6) is 0.665. The second-order valence-corrected chi connectivity index (χ2v) is 7.10. The molecule has 1 aromatic rings. The zero-order chi connectivity index (χ0) is 16.9. The molecule has 0 aliphatic carbocycles. The largest absolute Gasteiger partial charge is 0.379 e. The first-order chi connectivity index (χ1) is 11.6. The van der Waals surface area contributed by atoms with Crippen molar-refractivity contribution in [1.29, 1.82) is 0 Å². The van der Waals surface area contributed by atoms with Gasteiger partial charge in [-0.2, -0.15) is 0 Å². The molecular formula is C18H26ClN3O2. The van der Waals surface area contributed by atoms with Gasteiger partial charge in [0.2, 0.25) is 5.91 Å². The maximum Gasteiger partial charge on any atom is 0.223 e. The van der Waals surface area contributed by atoms with Crippen LogP contribution >= 0.6 is 11.6 Å². The quantitative estimate of drug-likeness (QED) is 0.819. The third-order valence-electron chi connectivity index (χ3n) is 5.14. The maximum atomic E-state index is 12.4. The molecule has 2 atom stereocenters. The molecular weight excluding hydrogens is 326 g/mol. The molecule has 2 aliphatic heterocycles. The Labute approximate surface area is 148 Å². The van der Waals surface area contributed by atoms with Gasteiger partial charge in [-0.25, -0.2) is 0 Å². The molecule has 2 aliphatic rings. The van der Waals surface area contributed by atoms with Gasteiger partial charge in [0, 0.05) is 30.6 Å². The van der Waals surface area contributed by atoms with Gasteiger partial charge in [-0.05, 0) is 36.7 Å². The number of hydrogen-bond acceptors (Lipinski definition) is 4. The first kappa shape index (κ1) is 17.7. The SMILES string of the molecule is CC(C(=O)NCC(c1ccc(Cl)cc1)N1CCOCC1)C1CNC1. The summed E-state index contributed by atoms with van der Waals surface area (Å²) in [5, 5.41) is 7.12. The summed E-state index contributed by atoms with van der Waals surface area (Å²) >= 11 is 6.02. The monoisotopic (exact) mass is 351 g/mol. The van der Waals surface area contributed by atoms with Crippen LogP contribution in [-0.2, 0) is 9.53 Å². The van der Waals surface area contributed by atoms with Crippen LogP contribution in [0.15, 0.2) is 24.3 Å². The van der Waals surface area contributed by atoms with Crippen molar-refractivity contribution >= 4 is 17.5 Å². The fourth-order valence-corrected chi connectivity index (χ4v) is 3.39. The zero-order valence-corrected chi connectivity index (χ0v) is 14.9. The van der Waals surface area contributed by atoms with E-state index in [0.29, 0.717) is 12.5 Å². The molecule has 0 spiro atoms. The zero-order valence-electron chi connectivity index (χ0n) is 14.1. The van der Waals surface area contributed by atoms with E-state index in [0.717, 1.165) is 44.4 Å². The van der Waals surface area contributed by atoms with Crippen molar-refractivity contribution in [3.63, 3.8) is 0 Å². The molecule has 1 amide bonds. The standard InChI is InChI=1S/C18H26ClN3O2/c1-13(15-10-20-11-15)18(23)21-12-17(22-6-8-24-9-7-22)14-2-4-16(19)5-3-14/h2-5,13,15,17,20H,6-12H2,1H3,(H,21,23). The summed E-state index contributed by atoms with van der Waals surface area (Å²) in [6.45, 7) is 7.76. The van der Waals surface area contributed by atoms with Gasteiger partial charge in [0.15, 0.2) is 0 Å². The minimum atomic E-state index is 0.0572. The Morgan fingerprint density at radius 1 is 1.33 bits per heavy atom. The van der Waals surface area contributed by atoms with E-state index in [1.54, 1.807) is 0 Å². The Balaban J connectivity index is 1.64. The van der Waals surface area contributed by atoms with E-state index >= 15 is 0 Å². The molecule has 132 valence electrons. The molecule has 0 radical (unpaired) electrons. The summed E-state index contributed by atoms with van der Waals surface area (Å²) in [6.07, 6.45) is 0. The molecule has 2 heterocycles. The van der Waals surface area contributed by atoms with Crippen molar-refractivity contribution in [3.8, 4) is 0 Å². The lowest BCUT2D eigenvalue weighted by molar-refractivity contribution is -0.127. The van der Waals surface area contributed by atoms with Crippen molar-refractivity contribution in [2.24, 2.45) is 11.8 Å². The van der Waals surface area contributed by atoms with Crippen molar-refractivity contribution in [3.05, 3.63) is 34.9 Å². The Hall–Kier alpha value is -1.14. The lowest BCUT2D eigenvalue weighted by atomic mass is 9.88. The minimum Gasteiger partial charge on any atom is -0.379 e. The Bertz CT molecular complexity index is 542. The van der Waals surface area contributed by atoms with Gasteiger partial charge in [0.1, 0.15) is 0 Å². The number of nitrogens with one attached hydrogen (secondary N) is 2. The number of ether oxygens (including phenoxy) is 1. The van der Waals surface area contributed by atoms with E-state index in [9.17, 15) is 4.79 Å². The minimum absolute atomic E-state index is 0.0572. The third kappa shape index (κ3) is 4.28. The number of carbonyl (C=O) groups excluding carboxylic acids is 1. The second-order valence-electron chi connectivity index (χ2n) is 6.67. The Kier molecular flexibility index (Phi) is 6.11. The number of carbonyl (C=O) groups is 1. The molecule has 0 bridgehead atoms. The summed E-state index contributed by atoms with van der Waals surface area (Å²) in [5.41, 5.74) is 1.18. The van der Waals surface area contributed by atoms with Crippen molar-refractivity contribution in [2.75, 3.05) is 45.9 Å². The van der Waals surface area contributed by atoms with Crippen LogP contribution < -0.4 is 10.6 Å². The van der Waals surface area contributed by atoms with Gasteiger partial charge >= 0.3 is 0 Å². The van der Waals surface area contributed by atoms with Gasteiger partial charge in [0.05, 0.1) is 19.3 Å². The van der Waals surface area contributed by atoms with E-state index in [1.165, 1.54) is 5.56 Å². The lowest BCUT2D eigenvalue weighted by Gasteiger charge is -2.36. The van der Waals surface area contributed by atoms with Crippen LogP contribution in [0.4, 0.5) is 0 Å². The van der Waals surface area contributed by atoms with Gasteiger partial charge in [-0.3, -0.25) is 9.69 Å². The Morgan fingerprint density at radius 3 is 2.58 bits per heavy atom. The van der Waals surface area contributed by atoms with Crippen LogP contribution in [-0.4, -0.2) is 56.7 Å². The van der Waals surface area contributed by atoms with Crippen molar-refractivity contribution < 1.29 is 9.53 Å². The average molecular weight is 352 g/mol. The van der Waals surface area contributed by atoms with Gasteiger partial charge in [-0.1, -0.05) is 30.7 Å². The number of rotatable bonds is 6. The molecule has 1 aromatic carbocycles. The van der Waals surface area contributed by atoms with Gasteiger partial charge in [-0.15, -0.1) is 0 Å². The fraction of sp³-hybridized carbons (Fsp3) is 0.611. The van der Waals surface area contributed by atoms with E-state index in [1.807, 2.05) is 31.2 Å². The van der Waals surface area contributed by atoms with Crippen molar-refractivity contribution in [1.82, 2.24) is 15.5 Å². The van der Waals surface area contributed by atoms with Gasteiger partial charge < -0.3 is 15.4 Å². The van der Waals surface area contributed by atoms with Crippen LogP contribution in [0.1, 0.15) is 18.5 Å². The molecule has 2 fully saturated rings. The molecule has 6 heteroatoms. The summed E-state index contributed by atoms with van der Waals surface area (Å²) < 4.78 is 5.47.